The Morgan fingerprint density at radius 1 is 1.32 bits per heavy atom. The molecule has 0 radical (unpaired) electrons. The summed E-state index contributed by atoms with van der Waals surface area (Å²) in [7, 11) is 0. The lowest BCUT2D eigenvalue weighted by Gasteiger charge is -2.13. The molecule has 3 heterocycles. The molecular formula is C15H12FN5O. The van der Waals surface area contributed by atoms with E-state index in [2.05, 4.69) is 15.0 Å². The van der Waals surface area contributed by atoms with Gasteiger partial charge in [-0.05, 0) is 24.6 Å². The minimum atomic E-state index is -0.758. The smallest absolute Gasteiger partial charge is 0.269 e. The van der Waals surface area contributed by atoms with E-state index in [1.54, 1.807) is 25.3 Å². The molecule has 0 aliphatic rings. The third kappa shape index (κ3) is 2.03. The highest BCUT2D eigenvalue weighted by molar-refractivity contribution is 6.07. The Hall–Kier alpha value is -3.09. The van der Waals surface area contributed by atoms with Crippen LogP contribution in [0.3, 0.4) is 0 Å². The van der Waals surface area contributed by atoms with Crippen LogP contribution >= 0.6 is 0 Å². The van der Waals surface area contributed by atoms with Crippen LogP contribution in [0.25, 0.3) is 22.2 Å². The van der Waals surface area contributed by atoms with Gasteiger partial charge in [0.15, 0.2) is 5.69 Å². The number of pyridine rings is 3. The predicted octanol–water partition coefficient (Wildman–Crippen LogP) is 1.82. The maximum Gasteiger partial charge on any atom is 0.269 e. The van der Waals surface area contributed by atoms with Gasteiger partial charge in [0.05, 0.1) is 22.9 Å². The Morgan fingerprint density at radius 2 is 2.09 bits per heavy atom. The lowest BCUT2D eigenvalue weighted by atomic mass is 9.98. The molecule has 0 atom stereocenters. The summed E-state index contributed by atoms with van der Waals surface area (Å²) in [4.78, 5) is 23.8. The van der Waals surface area contributed by atoms with E-state index in [1.807, 2.05) is 0 Å². The number of fused-ring (bicyclic) bond motifs is 1. The van der Waals surface area contributed by atoms with Crippen molar-refractivity contribution < 1.29 is 9.18 Å². The van der Waals surface area contributed by atoms with Gasteiger partial charge in [0, 0.05) is 23.5 Å². The molecule has 0 spiro atoms. The molecule has 0 saturated heterocycles. The summed E-state index contributed by atoms with van der Waals surface area (Å²) in [6.07, 6.45) is 4.16. The van der Waals surface area contributed by atoms with Gasteiger partial charge in [-0.25, -0.2) is 9.37 Å². The van der Waals surface area contributed by atoms with E-state index < -0.39 is 11.7 Å². The first-order valence-corrected chi connectivity index (χ1v) is 6.45. The number of nitrogens with zero attached hydrogens (tertiary/aromatic N) is 3. The molecule has 3 aromatic rings. The fraction of sp³-hybridized carbons (Fsp3) is 0.0667. The molecule has 0 fully saturated rings. The minimum Gasteiger partial charge on any atom is -0.396 e. The van der Waals surface area contributed by atoms with E-state index >= 15 is 0 Å². The lowest BCUT2D eigenvalue weighted by Crippen LogP contribution is -2.17. The van der Waals surface area contributed by atoms with Gasteiger partial charge in [-0.2, -0.15) is 0 Å². The first kappa shape index (κ1) is 13.9. The Labute approximate surface area is 125 Å². The van der Waals surface area contributed by atoms with Crippen molar-refractivity contribution in [3.05, 3.63) is 47.8 Å². The number of aromatic nitrogens is 3. The molecule has 6 nitrogen and oxygen atoms in total. The second-order valence-electron chi connectivity index (χ2n) is 4.78. The van der Waals surface area contributed by atoms with Crippen molar-refractivity contribution in [2.75, 3.05) is 5.73 Å². The highest BCUT2D eigenvalue weighted by Crippen LogP contribution is 2.35. The van der Waals surface area contributed by atoms with Crippen LogP contribution in [0.15, 0.2) is 30.7 Å². The lowest BCUT2D eigenvalue weighted by molar-refractivity contribution is 0.0997. The number of hydrogen-bond acceptors (Lipinski definition) is 5. The normalized spacial score (nSPS) is 10.8. The van der Waals surface area contributed by atoms with Crippen molar-refractivity contribution in [1.29, 1.82) is 0 Å². The summed E-state index contributed by atoms with van der Waals surface area (Å²) in [5.41, 5.74) is 13.5. The summed E-state index contributed by atoms with van der Waals surface area (Å²) >= 11 is 0. The van der Waals surface area contributed by atoms with Gasteiger partial charge in [0.2, 0.25) is 0 Å². The Kier molecular flexibility index (Phi) is 3.17. The molecule has 1 amide bonds. The van der Waals surface area contributed by atoms with Gasteiger partial charge in [0.1, 0.15) is 5.82 Å². The summed E-state index contributed by atoms with van der Waals surface area (Å²) in [6, 6.07) is 3.36. The minimum absolute atomic E-state index is 0.0641. The maximum absolute atomic E-state index is 13.8. The van der Waals surface area contributed by atoms with Crippen LogP contribution in [0.4, 0.5) is 10.1 Å². The zero-order chi connectivity index (χ0) is 15.9. The number of nitrogen functional groups attached to an aromatic ring is 1. The first-order chi connectivity index (χ1) is 10.5. The number of carbonyl (C=O) groups is 1. The number of nitrogens with two attached hydrogens (primary N) is 2. The number of anilines is 1. The molecule has 0 aromatic carbocycles. The molecule has 0 saturated carbocycles. The fourth-order valence-corrected chi connectivity index (χ4v) is 2.32. The quantitative estimate of drug-likeness (QED) is 0.750. The number of hydrogen-bond donors (Lipinski definition) is 2. The third-order valence-electron chi connectivity index (χ3n) is 3.44. The van der Waals surface area contributed by atoms with Gasteiger partial charge in [-0.15, -0.1) is 0 Å². The summed E-state index contributed by atoms with van der Waals surface area (Å²) in [6.45, 7) is 1.60. The number of primary amides is 1. The second kappa shape index (κ2) is 5.03. The zero-order valence-corrected chi connectivity index (χ0v) is 11.7. The van der Waals surface area contributed by atoms with E-state index in [9.17, 15) is 9.18 Å². The summed E-state index contributed by atoms with van der Waals surface area (Å²) < 4.78 is 13.8. The van der Waals surface area contributed by atoms with Gasteiger partial charge in [0.25, 0.3) is 5.91 Å². The van der Waals surface area contributed by atoms with Gasteiger partial charge in [-0.1, -0.05) is 0 Å². The van der Waals surface area contributed by atoms with Crippen LogP contribution in [0.1, 0.15) is 16.1 Å². The Balaban J connectivity index is 2.49. The second-order valence-corrected chi connectivity index (χ2v) is 4.78. The van der Waals surface area contributed by atoms with Crippen LogP contribution in [0.2, 0.25) is 0 Å². The summed E-state index contributed by atoms with van der Waals surface area (Å²) in [5, 5.41) is 0. The molecule has 3 rings (SSSR count). The first-order valence-electron chi connectivity index (χ1n) is 6.45. The predicted molar refractivity (Wildman–Crippen MR) is 80.4 cm³/mol. The van der Waals surface area contributed by atoms with Gasteiger partial charge < -0.3 is 11.5 Å². The van der Waals surface area contributed by atoms with Crippen LogP contribution in [0.5, 0.6) is 0 Å². The van der Waals surface area contributed by atoms with Gasteiger partial charge >= 0.3 is 0 Å². The molecule has 110 valence electrons. The molecule has 0 bridgehead atoms. The van der Waals surface area contributed by atoms with Crippen molar-refractivity contribution in [2.45, 2.75) is 6.92 Å². The standard InChI is InChI=1S/C15H12FN5O/c1-7-8(5-19-6-9(7)16)11-12(17)14(15(18)22)21-10-3-2-4-20-13(10)11/h2-6H,17H2,1H3,(H2,18,22). The molecule has 22 heavy (non-hydrogen) atoms. The third-order valence-corrected chi connectivity index (χ3v) is 3.44. The van der Waals surface area contributed by atoms with Crippen LogP contribution in [-0.4, -0.2) is 20.9 Å². The molecule has 7 heteroatoms. The largest absolute Gasteiger partial charge is 0.396 e. The van der Waals surface area contributed by atoms with Crippen LogP contribution in [-0.2, 0) is 0 Å². The summed E-state index contributed by atoms with van der Waals surface area (Å²) in [5.74, 6) is -1.23. The molecule has 4 N–H and O–H groups in total. The fourth-order valence-electron chi connectivity index (χ4n) is 2.32. The SMILES string of the molecule is Cc1c(F)cncc1-c1c(N)c(C(N)=O)nc2cccnc12. The van der Waals surface area contributed by atoms with E-state index in [0.29, 0.717) is 27.7 Å². The average Bonchev–Trinajstić information content (AvgIpc) is 2.50. The molecular weight excluding hydrogens is 285 g/mol. The van der Waals surface area contributed by atoms with E-state index in [4.69, 9.17) is 11.5 Å². The van der Waals surface area contributed by atoms with Crippen LogP contribution in [0, 0.1) is 12.7 Å². The number of rotatable bonds is 2. The van der Waals surface area contributed by atoms with Crippen LogP contribution < -0.4 is 11.5 Å². The Bertz CT molecular complexity index is 910. The molecule has 0 aliphatic heterocycles. The highest BCUT2D eigenvalue weighted by atomic mass is 19.1. The van der Waals surface area contributed by atoms with Crippen molar-refractivity contribution in [2.24, 2.45) is 5.73 Å². The number of amides is 1. The van der Waals surface area contributed by atoms with Crippen molar-refractivity contribution in [3.8, 4) is 11.1 Å². The monoisotopic (exact) mass is 297 g/mol. The van der Waals surface area contributed by atoms with E-state index in [-0.39, 0.29) is 11.4 Å². The number of halogens is 1. The number of carbonyl (C=O) groups excluding carboxylic acids is 1. The van der Waals surface area contributed by atoms with Crippen molar-refractivity contribution in [3.63, 3.8) is 0 Å². The molecule has 3 aromatic heterocycles. The van der Waals surface area contributed by atoms with E-state index in [1.165, 1.54) is 6.20 Å². The van der Waals surface area contributed by atoms with Gasteiger partial charge in [-0.3, -0.25) is 14.8 Å². The van der Waals surface area contributed by atoms with E-state index in [0.717, 1.165) is 6.20 Å². The van der Waals surface area contributed by atoms with Crippen molar-refractivity contribution in [1.82, 2.24) is 15.0 Å². The average molecular weight is 297 g/mol. The van der Waals surface area contributed by atoms with Crippen molar-refractivity contribution >= 4 is 22.6 Å². The highest BCUT2D eigenvalue weighted by Gasteiger charge is 2.20. The zero-order valence-electron chi connectivity index (χ0n) is 11.7. The molecule has 0 unspecified atom stereocenters. The topological polar surface area (TPSA) is 108 Å². The molecule has 0 aliphatic carbocycles. The Morgan fingerprint density at radius 3 is 2.82 bits per heavy atom. The maximum atomic E-state index is 13.8.